The van der Waals surface area contributed by atoms with Crippen molar-refractivity contribution in [2.75, 3.05) is 0 Å². The molecule has 0 aliphatic heterocycles. The molecule has 0 bridgehead atoms. The van der Waals surface area contributed by atoms with E-state index in [-0.39, 0.29) is 16.3 Å². The van der Waals surface area contributed by atoms with Crippen molar-refractivity contribution in [3.05, 3.63) is 70.4 Å². The Kier molecular flexibility index (Phi) is 4.87. The fourth-order valence-corrected chi connectivity index (χ4v) is 3.92. The van der Waals surface area contributed by atoms with Crippen LogP contribution in [0.15, 0.2) is 35.7 Å². The lowest BCUT2D eigenvalue weighted by Crippen LogP contribution is -2.24. The van der Waals surface area contributed by atoms with Crippen molar-refractivity contribution < 1.29 is 13.2 Å². The first-order chi connectivity index (χ1) is 13.9. The van der Waals surface area contributed by atoms with E-state index in [0.29, 0.717) is 22.9 Å². The summed E-state index contributed by atoms with van der Waals surface area (Å²) in [5.74, 6) is -3.21. The van der Waals surface area contributed by atoms with Gasteiger partial charge in [0, 0.05) is 23.8 Å². The normalized spacial score (nSPS) is 11.3. The highest BCUT2D eigenvalue weighted by molar-refractivity contribution is 7.98. The predicted octanol–water partition coefficient (Wildman–Crippen LogP) is 3.95. The predicted molar refractivity (Wildman–Crippen MR) is 102 cm³/mol. The van der Waals surface area contributed by atoms with Crippen LogP contribution in [0.25, 0.3) is 16.7 Å². The zero-order valence-corrected chi connectivity index (χ0v) is 16.2. The number of thioether (sulfide) groups is 1. The molecule has 29 heavy (non-hydrogen) atoms. The minimum Gasteiger partial charge on any atom is -0.283 e. The molecule has 0 radical (unpaired) electrons. The Morgan fingerprint density at radius 1 is 1.14 bits per heavy atom. The SMILES string of the molecule is Cc1cncc(CSc2nc3n[nH]c(C)c3c(=N)n2-c2c(F)ccc(F)c2F)c1. The average molecular weight is 416 g/mol. The molecule has 0 unspecified atom stereocenters. The van der Waals surface area contributed by atoms with Gasteiger partial charge in [0.2, 0.25) is 0 Å². The first kappa shape index (κ1) is 19.2. The molecule has 0 saturated heterocycles. The van der Waals surface area contributed by atoms with Gasteiger partial charge in [0.1, 0.15) is 11.2 Å². The lowest BCUT2D eigenvalue weighted by Gasteiger charge is -2.15. The Morgan fingerprint density at radius 2 is 1.90 bits per heavy atom. The number of nitrogens with zero attached hydrogens (tertiary/aromatic N) is 4. The summed E-state index contributed by atoms with van der Waals surface area (Å²) in [5.41, 5.74) is 1.66. The van der Waals surface area contributed by atoms with Gasteiger partial charge in [0.05, 0.1) is 5.39 Å². The smallest absolute Gasteiger partial charge is 0.187 e. The van der Waals surface area contributed by atoms with E-state index in [1.807, 2.05) is 13.0 Å². The third kappa shape index (κ3) is 3.39. The third-order valence-corrected chi connectivity index (χ3v) is 5.33. The number of rotatable bonds is 4. The molecule has 0 aliphatic rings. The maximum Gasteiger partial charge on any atom is 0.187 e. The van der Waals surface area contributed by atoms with Gasteiger partial charge < -0.3 is 0 Å². The summed E-state index contributed by atoms with van der Waals surface area (Å²) < 4.78 is 43.9. The molecular weight excluding hydrogens is 401 g/mol. The molecule has 148 valence electrons. The van der Waals surface area contributed by atoms with Crippen LogP contribution in [0, 0.1) is 36.7 Å². The number of fused-ring (bicyclic) bond motifs is 1. The van der Waals surface area contributed by atoms with Crippen molar-refractivity contribution in [3.63, 3.8) is 0 Å². The molecule has 4 rings (SSSR count). The van der Waals surface area contributed by atoms with Crippen LogP contribution in [0.5, 0.6) is 0 Å². The number of pyridine rings is 1. The second kappa shape index (κ2) is 7.36. The van der Waals surface area contributed by atoms with Crippen LogP contribution in [0.3, 0.4) is 0 Å². The Labute approximate surface area is 167 Å². The summed E-state index contributed by atoms with van der Waals surface area (Å²) in [6.07, 6.45) is 3.39. The molecule has 0 atom stereocenters. The molecule has 10 heteroatoms. The maximum absolute atomic E-state index is 14.6. The van der Waals surface area contributed by atoms with E-state index >= 15 is 0 Å². The van der Waals surface area contributed by atoms with Gasteiger partial charge in [0.15, 0.2) is 28.3 Å². The minimum absolute atomic E-state index is 0.110. The topological polar surface area (TPSA) is 83.2 Å². The number of halogens is 3. The molecule has 0 aliphatic carbocycles. The van der Waals surface area contributed by atoms with Crippen molar-refractivity contribution in [3.8, 4) is 5.69 Å². The summed E-state index contributed by atoms with van der Waals surface area (Å²) in [7, 11) is 0. The monoisotopic (exact) mass is 416 g/mol. The summed E-state index contributed by atoms with van der Waals surface area (Å²) in [6, 6.07) is 3.46. The van der Waals surface area contributed by atoms with E-state index in [2.05, 4.69) is 20.2 Å². The number of aryl methyl sites for hydroxylation is 2. The lowest BCUT2D eigenvalue weighted by atomic mass is 10.2. The van der Waals surface area contributed by atoms with Gasteiger partial charge in [-0.2, -0.15) is 5.10 Å². The molecule has 3 aromatic heterocycles. The number of H-pyrrole nitrogens is 1. The maximum atomic E-state index is 14.6. The van der Waals surface area contributed by atoms with Gasteiger partial charge in [0.25, 0.3) is 0 Å². The number of nitrogens with one attached hydrogen (secondary N) is 2. The van der Waals surface area contributed by atoms with Gasteiger partial charge in [-0.15, -0.1) is 0 Å². The Bertz CT molecular complexity index is 1300. The molecule has 0 spiro atoms. The molecule has 0 amide bonds. The molecular formula is C19H15F3N6S. The van der Waals surface area contributed by atoms with Crippen LogP contribution in [0.1, 0.15) is 16.8 Å². The summed E-state index contributed by atoms with van der Waals surface area (Å²) in [5, 5.41) is 15.7. The van der Waals surface area contributed by atoms with E-state index in [1.165, 1.54) is 0 Å². The highest BCUT2D eigenvalue weighted by atomic mass is 32.2. The van der Waals surface area contributed by atoms with Crippen LogP contribution < -0.4 is 5.49 Å². The Hall–Kier alpha value is -3.14. The lowest BCUT2D eigenvalue weighted by molar-refractivity contribution is 0.482. The average Bonchev–Trinajstić information content (AvgIpc) is 3.06. The Morgan fingerprint density at radius 3 is 2.66 bits per heavy atom. The van der Waals surface area contributed by atoms with Gasteiger partial charge in [-0.3, -0.25) is 20.1 Å². The summed E-state index contributed by atoms with van der Waals surface area (Å²) in [6.45, 7) is 3.57. The zero-order chi connectivity index (χ0) is 20.7. The van der Waals surface area contributed by atoms with Gasteiger partial charge in [-0.05, 0) is 37.1 Å². The first-order valence-electron chi connectivity index (χ1n) is 8.56. The molecule has 6 nitrogen and oxygen atoms in total. The molecule has 0 fully saturated rings. The standard InChI is InChI=1S/C19H15F3N6S/c1-9-5-11(7-24-6-9)8-29-19-25-18-14(10(2)26-27-18)17(23)28(19)16-13(21)4-3-12(20)15(16)22/h3-7,23H,8H2,1-2H3,(H,26,27). The minimum atomic E-state index is -1.38. The number of hydrogen-bond acceptors (Lipinski definition) is 5. The Balaban J connectivity index is 1.93. The van der Waals surface area contributed by atoms with Crippen molar-refractivity contribution in [1.29, 1.82) is 5.41 Å². The van der Waals surface area contributed by atoms with E-state index in [1.54, 1.807) is 19.3 Å². The van der Waals surface area contributed by atoms with E-state index in [9.17, 15) is 13.2 Å². The van der Waals surface area contributed by atoms with Crippen LogP contribution in [0.4, 0.5) is 13.2 Å². The van der Waals surface area contributed by atoms with Crippen molar-refractivity contribution in [2.45, 2.75) is 24.8 Å². The number of aromatic nitrogens is 5. The quantitative estimate of drug-likeness (QED) is 0.300. The number of aromatic amines is 1. The van der Waals surface area contributed by atoms with E-state index in [4.69, 9.17) is 5.41 Å². The van der Waals surface area contributed by atoms with Crippen molar-refractivity contribution >= 4 is 22.8 Å². The van der Waals surface area contributed by atoms with Crippen LogP contribution in [-0.2, 0) is 5.75 Å². The molecule has 4 aromatic rings. The van der Waals surface area contributed by atoms with Crippen molar-refractivity contribution in [2.24, 2.45) is 0 Å². The summed E-state index contributed by atoms with van der Waals surface area (Å²) >= 11 is 1.15. The fourth-order valence-electron chi connectivity index (χ4n) is 3.00. The largest absolute Gasteiger partial charge is 0.283 e. The molecule has 0 saturated carbocycles. The van der Waals surface area contributed by atoms with Gasteiger partial charge >= 0.3 is 0 Å². The number of hydrogen-bond donors (Lipinski definition) is 2. The van der Waals surface area contributed by atoms with Gasteiger partial charge in [-0.25, -0.2) is 18.2 Å². The fraction of sp³-hybridized carbons (Fsp3) is 0.158. The van der Waals surface area contributed by atoms with Gasteiger partial charge in [-0.1, -0.05) is 17.8 Å². The van der Waals surface area contributed by atoms with Crippen molar-refractivity contribution in [1.82, 2.24) is 24.7 Å². The number of benzene rings is 1. The second-order valence-corrected chi connectivity index (χ2v) is 7.42. The van der Waals surface area contributed by atoms with Crippen LogP contribution in [0.2, 0.25) is 0 Å². The zero-order valence-electron chi connectivity index (χ0n) is 15.4. The summed E-state index contributed by atoms with van der Waals surface area (Å²) in [4.78, 5) is 8.49. The van der Waals surface area contributed by atoms with Crippen LogP contribution in [-0.4, -0.2) is 24.7 Å². The third-order valence-electron chi connectivity index (χ3n) is 4.32. The molecule has 3 heterocycles. The second-order valence-electron chi connectivity index (χ2n) is 6.48. The van der Waals surface area contributed by atoms with E-state index < -0.39 is 23.1 Å². The molecule has 1 aromatic carbocycles. The highest BCUT2D eigenvalue weighted by Crippen LogP contribution is 2.28. The van der Waals surface area contributed by atoms with E-state index in [0.717, 1.165) is 33.5 Å². The first-order valence-corrected chi connectivity index (χ1v) is 9.55. The highest BCUT2D eigenvalue weighted by Gasteiger charge is 2.22. The van der Waals surface area contributed by atoms with Crippen LogP contribution >= 0.6 is 11.8 Å². The molecule has 2 N–H and O–H groups in total.